The molecule has 2 aliphatic heterocycles. The monoisotopic (exact) mass is 548 g/mol. The van der Waals surface area contributed by atoms with E-state index < -0.39 is 17.7 Å². The Hall–Kier alpha value is -2.16. The third kappa shape index (κ3) is 6.88. The van der Waals surface area contributed by atoms with Crippen LogP contribution in [0.2, 0.25) is 0 Å². The zero-order valence-corrected chi connectivity index (χ0v) is 23.5. The van der Waals surface area contributed by atoms with Crippen LogP contribution >= 0.6 is 12.4 Å². The molecule has 9 heteroatoms. The largest absolute Gasteiger partial charge is 0.390 e. The number of halogens is 1. The molecule has 2 saturated heterocycles. The predicted molar refractivity (Wildman–Crippen MR) is 150 cm³/mol. The van der Waals surface area contributed by atoms with E-state index >= 15 is 0 Å². The lowest BCUT2D eigenvalue weighted by atomic mass is 9.78. The van der Waals surface area contributed by atoms with Gasteiger partial charge in [-0.15, -0.1) is 12.4 Å². The first kappa shape index (κ1) is 30.4. The number of amides is 3. The highest BCUT2D eigenvalue weighted by molar-refractivity contribution is 6.00. The van der Waals surface area contributed by atoms with Gasteiger partial charge in [0.05, 0.1) is 6.10 Å². The average molecular weight is 549 g/mol. The van der Waals surface area contributed by atoms with Crippen LogP contribution in [-0.2, 0) is 9.59 Å². The van der Waals surface area contributed by atoms with E-state index in [2.05, 4.69) is 22.5 Å². The maximum atomic E-state index is 13.7. The highest BCUT2D eigenvalue weighted by atomic mass is 35.5. The summed E-state index contributed by atoms with van der Waals surface area (Å²) in [6.45, 7) is 5.53. The van der Waals surface area contributed by atoms with Crippen molar-refractivity contribution in [2.24, 2.45) is 5.92 Å². The summed E-state index contributed by atoms with van der Waals surface area (Å²) in [5.74, 6) is -0.192. The van der Waals surface area contributed by atoms with Gasteiger partial charge >= 0.3 is 0 Å². The van der Waals surface area contributed by atoms with Crippen LogP contribution in [0.25, 0.3) is 0 Å². The van der Waals surface area contributed by atoms with Crippen molar-refractivity contribution in [3.8, 4) is 0 Å². The first-order valence-electron chi connectivity index (χ1n) is 14.3. The topological polar surface area (TPSA) is 102 Å². The van der Waals surface area contributed by atoms with Crippen molar-refractivity contribution in [3.05, 3.63) is 35.9 Å². The molecule has 1 spiro atoms. The molecule has 3 aliphatic rings. The Morgan fingerprint density at radius 2 is 1.76 bits per heavy atom. The van der Waals surface area contributed by atoms with Crippen molar-refractivity contribution >= 4 is 30.1 Å². The molecule has 2 heterocycles. The van der Waals surface area contributed by atoms with E-state index in [0.717, 1.165) is 64.6 Å². The highest BCUT2D eigenvalue weighted by Crippen LogP contribution is 2.36. The van der Waals surface area contributed by atoms with Crippen molar-refractivity contribution in [3.63, 3.8) is 0 Å². The Labute approximate surface area is 233 Å². The Kier molecular flexibility index (Phi) is 11.4. The number of rotatable bonds is 10. The van der Waals surface area contributed by atoms with Crippen LogP contribution in [0.4, 0.5) is 0 Å². The van der Waals surface area contributed by atoms with Gasteiger partial charge in [-0.25, -0.2) is 0 Å². The van der Waals surface area contributed by atoms with Crippen LogP contribution in [0, 0.1) is 5.92 Å². The number of aliphatic hydroxyl groups is 1. The number of nitrogens with one attached hydrogen (secondary N) is 2. The molecule has 212 valence electrons. The lowest BCUT2D eigenvalue weighted by molar-refractivity contribution is -0.165. The van der Waals surface area contributed by atoms with E-state index in [4.69, 9.17) is 0 Å². The minimum Gasteiger partial charge on any atom is -0.390 e. The maximum absolute atomic E-state index is 13.7. The fourth-order valence-corrected chi connectivity index (χ4v) is 6.30. The number of unbranched alkanes of at least 4 members (excludes halogenated alkanes) is 1. The second kappa shape index (κ2) is 14.3. The summed E-state index contributed by atoms with van der Waals surface area (Å²) in [5, 5.41) is 17.0. The first-order chi connectivity index (χ1) is 18.0. The number of nitrogens with zero attached hydrogens (tertiary/aromatic N) is 2. The van der Waals surface area contributed by atoms with E-state index in [9.17, 15) is 19.5 Å². The van der Waals surface area contributed by atoms with E-state index in [1.807, 2.05) is 23.1 Å². The van der Waals surface area contributed by atoms with Gasteiger partial charge in [0.25, 0.3) is 5.91 Å². The fourth-order valence-electron chi connectivity index (χ4n) is 6.30. The van der Waals surface area contributed by atoms with Gasteiger partial charge < -0.3 is 25.5 Å². The molecule has 1 aromatic carbocycles. The van der Waals surface area contributed by atoms with Crippen LogP contribution in [0.1, 0.15) is 81.5 Å². The van der Waals surface area contributed by atoms with Crippen LogP contribution in [-0.4, -0.2) is 83.0 Å². The Morgan fingerprint density at radius 3 is 2.42 bits per heavy atom. The van der Waals surface area contributed by atoms with Gasteiger partial charge in [-0.3, -0.25) is 14.4 Å². The summed E-state index contributed by atoms with van der Waals surface area (Å²) >= 11 is 0. The summed E-state index contributed by atoms with van der Waals surface area (Å²) in [6, 6.07) is 8.38. The number of carbonyl (C=O) groups is 3. The van der Waals surface area contributed by atoms with Crippen LogP contribution in [0.5, 0.6) is 0 Å². The Morgan fingerprint density at radius 1 is 1.08 bits per heavy atom. The minimum absolute atomic E-state index is 0. The molecular weight excluding hydrogens is 504 g/mol. The molecule has 8 nitrogen and oxygen atoms in total. The smallest absolute Gasteiger partial charge is 0.251 e. The normalized spacial score (nSPS) is 23.0. The number of carbonyl (C=O) groups excluding carboxylic acids is 3. The van der Waals surface area contributed by atoms with Crippen molar-refractivity contribution in [1.29, 1.82) is 0 Å². The number of hydrogen-bond acceptors (Lipinski definition) is 5. The van der Waals surface area contributed by atoms with Gasteiger partial charge in [0.2, 0.25) is 11.8 Å². The predicted octanol–water partition coefficient (Wildman–Crippen LogP) is 3.13. The number of likely N-dealkylation sites (tertiary alicyclic amines) is 1. The van der Waals surface area contributed by atoms with Gasteiger partial charge in [-0.1, -0.05) is 50.8 Å². The molecule has 0 aromatic heterocycles. The third-order valence-corrected chi connectivity index (χ3v) is 8.62. The number of aliphatic hydroxyl groups excluding tert-OH is 1. The molecule has 0 radical (unpaired) electrons. The summed E-state index contributed by atoms with van der Waals surface area (Å²) in [5.41, 5.74) is -0.165. The first-order valence-corrected chi connectivity index (χ1v) is 14.3. The Balaban J connectivity index is 0.00000400. The molecule has 0 unspecified atom stereocenters. The number of piperazine rings is 1. The Bertz CT molecular complexity index is 916. The molecule has 1 aliphatic carbocycles. The molecule has 2 atom stereocenters. The van der Waals surface area contributed by atoms with Crippen molar-refractivity contribution in [2.75, 3.05) is 32.7 Å². The van der Waals surface area contributed by atoms with E-state index in [-0.39, 0.29) is 36.0 Å². The van der Waals surface area contributed by atoms with Crippen LogP contribution in [0.15, 0.2) is 30.3 Å². The second-order valence-electron chi connectivity index (χ2n) is 11.0. The number of benzene rings is 1. The minimum atomic E-state index is -0.829. The van der Waals surface area contributed by atoms with Gasteiger partial charge in [0.15, 0.2) is 0 Å². The van der Waals surface area contributed by atoms with Crippen LogP contribution < -0.4 is 10.6 Å². The third-order valence-electron chi connectivity index (χ3n) is 8.62. The lowest BCUT2D eigenvalue weighted by Crippen LogP contribution is -2.75. The zero-order chi connectivity index (χ0) is 26.3. The van der Waals surface area contributed by atoms with Crippen molar-refractivity contribution < 1.29 is 19.5 Å². The van der Waals surface area contributed by atoms with E-state index in [1.54, 1.807) is 12.1 Å². The average Bonchev–Trinajstić information content (AvgIpc) is 2.94. The molecule has 3 amide bonds. The van der Waals surface area contributed by atoms with Crippen LogP contribution in [0.3, 0.4) is 0 Å². The zero-order valence-electron chi connectivity index (χ0n) is 22.7. The molecule has 1 aromatic rings. The second-order valence-corrected chi connectivity index (χ2v) is 11.0. The molecular formula is C29H45ClN4O4. The summed E-state index contributed by atoms with van der Waals surface area (Å²) in [6.07, 6.45) is 8.15. The summed E-state index contributed by atoms with van der Waals surface area (Å²) < 4.78 is 0. The SMILES string of the molecule is CCCCN1C(=O)[C@@H]([C@H](O)C2CCCCC2)NC(=O)C12CCN(CCCNC(=O)c1ccccc1)CC2.Cl. The lowest BCUT2D eigenvalue weighted by Gasteiger charge is -2.52. The molecule has 0 bridgehead atoms. The van der Waals surface area contributed by atoms with Gasteiger partial charge in [-0.2, -0.15) is 0 Å². The van der Waals surface area contributed by atoms with Crippen molar-refractivity contribution in [2.45, 2.75) is 88.8 Å². The summed E-state index contributed by atoms with van der Waals surface area (Å²) in [7, 11) is 0. The molecule has 38 heavy (non-hydrogen) atoms. The standard InChI is InChI=1S/C29H44N4O4.ClH/c1-2-3-19-33-27(36)24(25(34)22-11-6-4-7-12-22)31-28(37)29(33)15-20-32(21-16-29)18-10-17-30-26(35)23-13-8-5-9-14-23;/h5,8-9,13-14,22,24-25,34H,2-4,6-7,10-12,15-21H2,1H3,(H,30,35)(H,31,37);1H/t24-,25-;/m1./s1. The molecule has 3 N–H and O–H groups in total. The van der Waals surface area contributed by atoms with E-state index in [0.29, 0.717) is 31.5 Å². The maximum Gasteiger partial charge on any atom is 0.251 e. The molecule has 3 fully saturated rings. The number of piperidine rings is 1. The molecule has 1 saturated carbocycles. The van der Waals surface area contributed by atoms with Gasteiger partial charge in [0, 0.05) is 31.7 Å². The quantitative estimate of drug-likeness (QED) is 0.390. The fraction of sp³-hybridized carbons (Fsp3) is 0.690. The van der Waals surface area contributed by atoms with Gasteiger partial charge in [-0.05, 0) is 63.1 Å². The number of hydrogen-bond donors (Lipinski definition) is 3. The van der Waals surface area contributed by atoms with E-state index in [1.165, 1.54) is 6.42 Å². The van der Waals surface area contributed by atoms with Crippen molar-refractivity contribution in [1.82, 2.24) is 20.4 Å². The molecule has 4 rings (SSSR count). The van der Waals surface area contributed by atoms with Gasteiger partial charge in [0.1, 0.15) is 11.6 Å². The summed E-state index contributed by atoms with van der Waals surface area (Å²) in [4.78, 5) is 43.7. The highest BCUT2D eigenvalue weighted by Gasteiger charge is 2.55.